The molecule has 1 heterocycles. The number of hydrogen-bond acceptors (Lipinski definition) is 4. The van der Waals surface area contributed by atoms with Gasteiger partial charge in [0.05, 0.1) is 18.4 Å². The summed E-state index contributed by atoms with van der Waals surface area (Å²) in [5.74, 6) is -0.0339. The number of rotatable bonds is 3. The van der Waals surface area contributed by atoms with Gasteiger partial charge in [0.15, 0.2) is 0 Å². The number of carbonyl (C=O) groups is 2. The van der Waals surface area contributed by atoms with Gasteiger partial charge >= 0.3 is 11.9 Å². The molecule has 0 aromatic rings. The second kappa shape index (κ2) is 4.99. The topological polar surface area (TPSA) is 52.6 Å². The highest BCUT2D eigenvalue weighted by Gasteiger charge is 2.59. The molecular weight excluding hydrogens is 268 g/mol. The van der Waals surface area contributed by atoms with Gasteiger partial charge in [0.1, 0.15) is 5.60 Å². The van der Waals surface area contributed by atoms with Gasteiger partial charge in [-0.05, 0) is 38.0 Å². The van der Waals surface area contributed by atoms with Gasteiger partial charge in [0.2, 0.25) is 0 Å². The van der Waals surface area contributed by atoms with Crippen LogP contribution in [0.25, 0.3) is 0 Å². The van der Waals surface area contributed by atoms with Gasteiger partial charge in [0, 0.05) is 5.92 Å². The van der Waals surface area contributed by atoms with Gasteiger partial charge in [-0.3, -0.25) is 9.59 Å². The van der Waals surface area contributed by atoms with E-state index < -0.39 is 11.0 Å². The van der Waals surface area contributed by atoms with Crippen molar-refractivity contribution in [1.29, 1.82) is 0 Å². The smallest absolute Gasteiger partial charge is 0.313 e. The Morgan fingerprint density at radius 3 is 2.24 bits per heavy atom. The average Bonchev–Trinajstić information content (AvgIpc) is 2.72. The molecule has 0 amide bonds. The highest BCUT2D eigenvalue weighted by atomic mass is 16.6. The summed E-state index contributed by atoms with van der Waals surface area (Å²) < 4.78 is 10.9. The second-order valence-electron chi connectivity index (χ2n) is 8.24. The molecule has 1 aliphatic heterocycles. The summed E-state index contributed by atoms with van der Waals surface area (Å²) >= 11 is 0. The minimum absolute atomic E-state index is 0.0543. The van der Waals surface area contributed by atoms with Gasteiger partial charge < -0.3 is 9.47 Å². The summed E-state index contributed by atoms with van der Waals surface area (Å²) in [4.78, 5) is 24.2. The van der Waals surface area contributed by atoms with Crippen LogP contribution < -0.4 is 0 Å². The lowest BCUT2D eigenvalue weighted by Crippen LogP contribution is -2.57. The maximum atomic E-state index is 12.9. The molecule has 2 rings (SSSR count). The van der Waals surface area contributed by atoms with E-state index in [4.69, 9.17) is 9.47 Å². The molecule has 1 aliphatic carbocycles. The van der Waals surface area contributed by atoms with Crippen molar-refractivity contribution in [3.8, 4) is 0 Å². The number of cyclic esters (lactones) is 1. The number of ether oxygens (including phenoxy) is 2. The quantitative estimate of drug-likeness (QED) is 0.750. The molecule has 4 nitrogen and oxygen atoms in total. The molecule has 1 saturated heterocycles. The lowest BCUT2D eigenvalue weighted by atomic mass is 9.49. The third-order valence-corrected chi connectivity index (χ3v) is 5.71. The summed E-state index contributed by atoms with van der Waals surface area (Å²) in [6.07, 6.45) is 2.28. The van der Waals surface area contributed by atoms with Crippen molar-refractivity contribution in [3.05, 3.63) is 0 Å². The predicted molar refractivity (Wildman–Crippen MR) is 79.5 cm³/mol. The highest BCUT2D eigenvalue weighted by Crippen LogP contribution is 2.58. The Labute approximate surface area is 127 Å². The largest absolute Gasteiger partial charge is 0.465 e. The first-order chi connectivity index (χ1) is 9.50. The van der Waals surface area contributed by atoms with E-state index in [0.29, 0.717) is 18.9 Å². The van der Waals surface area contributed by atoms with Gasteiger partial charge in [-0.25, -0.2) is 0 Å². The van der Waals surface area contributed by atoms with E-state index in [1.54, 1.807) is 0 Å². The molecule has 0 N–H and O–H groups in total. The van der Waals surface area contributed by atoms with E-state index in [1.807, 2.05) is 13.8 Å². The van der Waals surface area contributed by atoms with Crippen molar-refractivity contribution in [2.45, 2.75) is 66.4 Å². The van der Waals surface area contributed by atoms with Crippen LogP contribution in [-0.4, -0.2) is 24.1 Å². The van der Waals surface area contributed by atoms with Crippen molar-refractivity contribution in [1.82, 2.24) is 0 Å². The summed E-state index contributed by atoms with van der Waals surface area (Å²) in [6.45, 7) is 12.6. The van der Waals surface area contributed by atoms with E-state index in [1.165, 1.54) is 0 Å². The maximum Gasteiger partial charge on any atom is 0.313 e. The minimum atomic E-state index is -0.670. The zero-order valence-electron chi connectivity index (χ0n) is 14.1. The fourth-order valence-electron chi connectivity index (χ4n) is 3.82. The molecule has 0 bridgehead atoms. The Balaban J connectivity index is 2.14. The van der Waals surface area contributed by atoms with E-state index >= 15 is 0 Å². The third-order valence-electron chi connectivity index (χ3n) is 5.71. The Kier molecular flexibility index (Phi) is 3.88. The first-order valence-electron chi connectivity index (χ1n) is 7.90. The number of carbonyl (C=O) groups excluding carboxylic acids is 2. The van der Waals surface area contributed by atoms with Crippen LogP contribution in [0.15, 0.2) is 0 Å². The average molecular weight is 296 g/mol. The van der Waals surface area contributed by atoms with Crippen molar-refractivity contribution in [3.63, 3.8) is 0 Å². The summed E-state index contributed by atoms with van der Waals surface area (Å²) in [5, 5.41) is 0. The third kappa shape index (κ3) is 2.58. The van der Waals surface area contributed by atoms with Crippen LogP contribution >= 0.6 is 0 Å². The monoisotopic (exact) mass is 296 g/mol. The summed E-state index contributed by atoms with van der Waals surface area (Å²) in [6, 6.07) is 0. The minimum Gasteiger partial charge on any atom is -0.465 e. The maximum absolute atomic E-state index is 12.9. The van der Waals surface area contributed by atoms with E-state index in [0.717, 1.165) is 12.8 Å². The number of esters is 2. The molecule has 0 spiro atoms. The van der Waals surface area contributed by atoms with E-state index in [9.17, 15) is 9.59 Å². The Morgan fingerprint density at radius 1 is 1.29 bits per heavy atom. The fraction of sp³-hybridized carbons (Fsp3) is 0.882. The Bertz CT molecular complexity index is 446. The number of hydrogen-bond donors (Lipinski definition) is 0. The molecule has 0 aromatic heterocycles. The molecule has 2 fully saturated rings. The van der Waals surface area contributed by atoms with Gasteiger partial charge in [0.25, 0.3) is 0 Å². The first-order valence-corrected chi connectivity index (χ1v) is 7.90. The van der Waals surface area contributed by atoms with Gasteiger partial charge in [-0.15, -0.1) is 0 Å². The zero-order chi connectivity index (χ0) is 16.1. The van der Waals surface area contributed by atoms with Gasteiger partial charge in [-0.1, -0.05) is 27.7 Å². The fourth-order valence-corrected chi connectivity index (χ4v) is 3.82. The van der Waals surface area contributed by atoms with Crippen molar-refractivity contribution in [2.75, 3.05) is 6.61 Å². The van der Waals surface area contributed by atoms with E-state index in [2.05, 4.69) is 27.7 Å². The summed E-state index contributed by atoms with van der Waals surface area (Å²) in [5.41, 5.74) is -1.20. The van der Waals surface area contributed by atoms with Crippen molar-refractivity contribution >= 4 is 11.9 Å². The molecule has 0 aromatic carbocycles. The van der Waals surface area contributed by atoms with E-state index in [-0.39, 0.29) is 23.3 Å². The van der Waals surface area contributed by atoms with Gasteiger partial charge in [-0.2, -0.15) is 0 Å². The van der Waals surface area contributed by atoms with Crippen LogP contribution in [-0.2, 0) is 19.1 Å². The first kappa shape index (κ1) is 16.3. The molecule has 4 heteroatoms. The van der Waals surface area contributed by atoms with Crippen LogP contribution in [0.4, 0.5) is 0 Å². The summed E-state index contributed by atoms with van der Waals surface area (Å²) in [7, 11) is 0. The lowest BCUT2D eigenvalue weighted by Gasteiger charge is -2.55. The highest BCUT2D eigenvalue weighted by molar-refractivity contribution is 5.80. The molecular formula is C17H28O4. The SMILES string of the molecule is CC1CCC1(C(=O)OC(C)(C)C1COC(=O)C1)C(C)(C)C. The molecule has 2 aliphatic rings. The molecule has 3 unspecified atom stereocenters. The predicted octanol–water partition coefficient (Wildman–Crippen LogP) is 3.33. The van der Waals surface area contributed by atoms with Crippen LogP contribution in [0, 0.1) is 22.7 Å². The van der Waals surface area contributed by atoms with Crippen LogP contribution in [0.3, 0.4) is 0 Å². The Hall–Kier alpha value is -1.06. The second-order valence-corrected chi connectivity index (χ2v) is 8.24. The molecule has 21 heavy (non-hydrogen) atoms. The van der Waals surface area contributed by atoms with Crippen molar-refractivity contribution in [2.24, 2.45) is 22.7 Å². The molecule has 1 saturated carbocycles. The lowest BCUT2D eigenvalue weighted by molar-refractivity contribution is -0.199. The standard InChI is InChI=1S/C17H28O4/c1-11-7-8-17(11,15(2,3)4)14(19)21-16(5,6)12-9-13(18)20-10-12/h11-12H,7-10H2,1-6H3. The van der Waals surface area contributed by atoms with Crippen LogP contribution in [0.1, 0.15) is 60.8 Å². The molecule has 120 valence electrons. The Morgan fingerprint density at radius 2 is 1.90 bits per heavy atom. The zero-order valence-corrected chi connectivity index (χ0v) is 14.1. The van der Waals surface area contributed by atoms with Crippen molar-refractivity contribution < 1.29 is 19.1 Å². The van der Waals surface area contributed by atoms with Crippen LogP contribution in [0.5, 0.6) is 0 Å². The molecule has 3 atom stereocenters. The normalized spacial score (nSPS) is 33.3. The van der Waals surface area contributed by atoms with Crippen LogP contribution in [0.2, 0.25) is 0 Å². The molecule has 0 radical (unpaired) electrons.